The number of ether oxygens (including phenoxy) is 1. The Morgan fingerprint density at radius 2 is 2.30 bits per heavy atom. The predicted octanol–water partition coefficient (Wildman–Crippen LogP) is 2.98. The molecule has 1 amide bonds. The normalized spacial score (nSPS) is 28.8. The van der Waals surface area contributed by atoms with Gasteiger partial charge in [0, 0.05) is 30.9 Å². The fourth-order valence-corrected chi connectivity index (χ4v) is 3.27. The monoisotopic (exact) mass is 274 g/mol. The number of nitrogens with zero attached hydrogens (tertiary/aromatic N) is 2. The molecule has 0 bridgehead atoms. The van der Waals surface area contributed by atoms with Crippen LogP contribution in [0.5, 0.6) is 0 Å². The molecule has 0 radical (unpaired) electrons. The molecule has 0 aromatic carbocycles. The van der Waals surface area contributed by atoms with Crippen molar-refractivity contribution in [2.45, 2.75) is 44.6 Å². The van der Waals surface area contributed by atoms with Crippen LogP contribution in [-0.2, 0) is 10.2 Å². The quantitative estimate of drug-likeness (QED) is 0.790. The van der Waals surface area contributed by atoms with Crippen LogP contribution in [-0.4, -0.2) is 34.7 Å². The van der Waals surface area contributed by atoms with E-state index < -0.39 is 5.60 Å². The molecule has 0 spiro atoms. The Morgan fingerprint density at radius 3 is 2.90 bits per heavy atom. The van der Waals surface area contributed by atoms with Crippen LogP contribution in [0.25, 0.3) is 0 Å². The smallest absolute Gasteiger partial charge is 0.410 e. The lowest BCUT2D eigenvalue weighted by Crippen LogP contribution is -2.43. The average Bonchev–Trinajstić information content (AvgIpc) is 3.12. The molecule has 2 fully saturated rings. The van der Waals surface area contributed by atoms with Crippen molar-refractivity contribution in [3.05, 3.63) is 30.1 Å². The van der Waals surface area contributed by atoms with E-state index in [-0.39, 0.29) is 11.5 Å². The molecular formula is C16H22N2O2. The molecule has 2 unspecified atom stereocenters. The molecule has 1 aliphatic carbocycles. The third-order valence-corrected chi connectivity index (χ3v) is 4.39. The van der Waals surface area contributed by atoms with Crippen LogP contribution in [0.1, 0.15) is 39.2 Å². The highest BCUT2D eigenvalue weighted by Gasteiger charge is 2.58. The first-order valence-corrected chi connectivity index (χ1v) is 7.29. The van der Waals surface area contributed by atoms with Gasteiger partial charge in [0.15, 0.2) is 0 Å². The number of hydrogen-bond acceptors (Lipinski definition) is 3. The molecule has 4 heteroatoms. The maximum atomic E-state index is 12.1. The van der Waals surface area contributed by atoms with E-state index in [9.17, 15) is 4.79 Å². The van der Waals surface area contributed by atoms with E-state index >= 15 is 0 Å². The Kier molecular flexibility index (Phi) is 3.00. The molecule has 4 nitrogen and oxygen atoms in total. The van der Waals surface area contributed by atoms with Gasteiger partial charge in [-0.15, -0.1) is 0 Å². The highest BCUT2D eigenvalue weighted by Crippen LogP contribution is 2.59. The lowest BCUT2D eigenvalue weighted by Gasteiger charge is -2.33. The molecule has 1 saturated carbocycles. The van der Waals surface area contributed by atoms with Gasteiger partial charge in [0.05, 0.1) is 0 Å². The zero-order valence-corrected chi connectivity index (χ0v) is 12.4. The van der Waals surface area contributed by atoms with Gasteiger partial charge in [0.2, 0.25) is 0 Å². The standard InChI is InChI=1S/C16H22N2O2/c1-15(2,3)20-14(19)18-8-6-16(9-13(16)11-18)12-5-4-7-17-10-12/h4-5,7,10,13H,6,8-9,11H2,1-3H3. The van der Waals surface area contributed by atoms with Crippen LogP contribution in [0.2, 0.25) is 0 Å². The number of pyridine rings is 1. The molecule has 108 valence electrons. The van der Waals surface area contributed by atoms with Crippen molar-refractivity contribution in [3.8, 4) is 0 Å². The predicted molar refractivity (Wildman–Crippen MR) is 76.4 cm³/mol. The molecule has 1 aliphatic heterocycles. The number of piperidine rings is 1. The van der Waals surface area contributed by atoms with Gasteiger partial charge >= 0.3 is 6.09 Å². The van der Waals surface area contributed by atoms with Crippen LogP contribution in [0.4, 0.5) is 4.79 Å². The lowest BCUT2D eigenvalue weighted by atomic mass is 9.88. The SMILES string of the molecule is CC(C)(C)OC(=O)N1CCC2(c3cccnc3)CC2C1. The van der Waals surface area contributed by atoms with Crippen LogP contribution in [0.15, 0.2) is 24.5 Å². The number of fused-ring (bicyclic) bond motifs is 1. The van der Waals surface area contributed by atoms with Gasteiger partial charge in [-0.3, -0.25) is 4.98 Å². The van der Waals surface area contributed by atoms with Gasteiger partial charge in [0.1, 0.15) is 5.60 Å². The topological polar surface area (TPSA) is 42.4 Å². The number of aromatic nitrogens is 1. The summed E-state index contributed by atoms with van der Waals surface area (Å²) in [6, 6.07) is 4.16. The number of likely N-dealkylation sites (tertiary alicyclic amines) is 1. The van der Waals surface area contributed by atoms with Crippen LogP contribution < -0.4 is 0 Å². The number of carbonyl (C=O) groups is 1. The molecule has 20 heavy (non-hydrogen) atoms. The van der Waals surface area contributed by atoms with E-state index in [0.29, 0.717) is 5.92 Å². The second-order valence-electron chi connectivity index (χ2n) is 6.98. The molecule has 1 saturated heterocycles. The van der Waals surface area contributed by atoms with Crippen molar-refractivity contribution >= 4 is 6.09 Å². The molecule has 1 aromatic heterocycles. The first-order chi connectivity index (χ1) is 9.41. The van der Waals surface area contributed by atoms with E-state index in [1.165, 1.54) is 5.56 Å². The highest BCUT2D eigenvalue weighted by atomic mass is 16.6. The summed E-state index contributed by atoms with van der Waals surface area (Å²) in [5.74, 6) is 0.563. The summed E-state index contributed by atoms with van der Waals surface area (Å²) >= 11 is 0. The van der Waals surface area contributed by atoms with Crippen LogP contribution in [0.3, 0.4) is 0 Å². The van der Waals surface area contributed by atoms with Crippen LogP contribution >= 0.6 is 0 Å². The minimum absolute atomic E-state index is 0.177. The molecule has 1 aromatic rings. The molecule has 2 atom stereocenters. The highest BCUT2D eigenvalue weighted by molar-refractivity contribution is 5.68. The largest absolute Gasteiger partial charge is 0.444 e. The van der Waals surface area contributed by atoms with Crippen LogP contribution in [0, 0.1) is 5.92 Å². The maximum Gasteiger partial charge on any atom is 0.410 e. The first-order valence-electron chi connectivity index (χ1n) is 7.29. The summed E-state index contributed by atoms with van der Waals surface area (Å²) < 4.78 is 5.46. The third-order valence-electron chi connectivity index (χ3n) is 4.39. The number of hydrogen-bond donors (Lipinski definition) is 0. The Morgan fingerprint density at radius 1 is 1.50 bits per heavy atom. The minimum atomic E-state index is -0.418. The molecule has 0 N–H and O–H groups in total. The number of rotatable bonds is 1. The van der Waals surface area contributed by atoms with Gasteiger partial charge < -0.3 is 9.64 Å². The molecular weight excluding hydrogens is 252 g/mol. The van der Waals surface area contributed by atoms with Gasteiger partial charge in [-0.2, -0.15) is 0 Å². The second kappa shape index (κ2) is 4.47. The van der Waals surface area contributed by atoms with E-state index in [2.05, 4.69) is 11.1 Å². The zero-order chi connectivity index (χ0) is 14.4. The maximum absolute atomic E-state index is 12.1. The van der Waals surface area contributed by atoms with Gasteiger partial charge in [-0.1, -0.05) is 6.07 Å². The first kappa shape index (κ1) is 13.4. The second-order valence-corrected chi connectivity index (χ2v) is 6.98. The number of carbonyl (C=O) groups excluding carboxylic acids is 1. The van der Waals surface area contributed by atoms with E-state index in [1.807, 2.05) is 44.1 Å². The van der Waals surface area contributed by atoms with Crippen molar-refractivity contribution < 1.29 is 9.53 Å². The number of amides is 1. The Bertz CT molecular complexity index is 509. The summed E-state index contributed by atoms with van der Waals surface area (Å²) in [7, 11) is 0. The Balaban J connectivity index is 1.65. The average molecular weight is 274 g/mol. The summed E-state index contributed by atoms with van der Waals surface area (Å²) in [6.07, 6.45) is 5.79. The van der Waals surface area contributed by atoms with Gasteiger partial charge in [0.25, 0.3) is 0 Å². The van der Waals surface area contributed by atoms with Crippen molar-refractivity contribution in [2.24, 2.45) is 5.92 Å². The molecule has 2 aliphatic rings. The van der Waals surface area contributed by atoms with Crippen molar-refractivity contribution in [2.75, 3.05) is 13.1 Å². The van der Waals surface area contributed by atoms with E-state index in [1.54, 1.807) is 0 Å². The zero-order valence-electron chi connectivity index (χ0n) is 12.4. The molecule has 2 heterocycles. The fraction of sp³-hybridized carbons (Fsp3) is 0.625. The minimum Gasteiger partial charge on any atom is -0.444 e. The third kappa shape index (κ3) is 2.39. The molecule has 3 rings (SSSR count). The van der Waals surface area contributed by atoms with Gasteiger partial charge in [-0.05, 0) is 51.2 Å². The van der Waals surface area contributed by atoms with E-state index in [4.69, 9.17) is 4.74 Å². The van der Waals surface area contributed by atoms with Crippen molar-refractivity contribution in [3.63, 3.8) is 0 Å². The Hall–Kier alpha value is -1.58. The van der Waals surface area contributed by atoms with Crippen molar-refractivity contribution in [1.82, 2.24) is 9.88 Å². The summed E-state index contributed by atoms with van der Waals surface area (Å²) in [5.41, 5.74) is 1.18. The summed E-state index contributed by atoms with van der Waals surface area (Å²) in [4.78, 5) is 18.2. The van der Waals surface area contributed by atoms with Crippen molar-refractivity contribution in [1.29, 1.82) is 0 Å². The summed E-state index contributed by atoms with van der Waals surface area (Å²) in [6.45, 7) is 7.31. The summed E-state index contributed by atoms with van der Waals surface area (Å²) in [5, 5.41) is 0. The van der Waals surface area contributed by atoms with E-state index in [0.717, 1.165) is 25.9 Å². The Labute approximate surface area is 120 Å². The lowest BCUT2D eigenvalue weighted by molar-refractivity contribution is 0.0199. The van der Waals surface area contributed by atoms with Gasteiger partial charge in [-0.25, -0.2) is 4.79 Å². The fourth-order valence-electron chi connectivity index (χ4n) is 3.27.